The predicted molar refractivity (Wildman–Crippen MR) is 105 cm³/mol. The second-order valence-corrected chi connectivity index (χ2v) is 6.83. The zero-order valence-electron chi connectivity index (χ0n) is 16.1. The summed E-state index contributed by atoms with van der Waals surface area (Å²) in [6.07, 6.45) is 5.18. The van der Waals surface area contributed by atoms with Crippen LogP contribution >= 0.6 is 0 Å². The van der Waals surface area contributed by atoms with Gasteiger partial charge in [-0.2, -0.15) is 10.2 Å². The number of amides is 1. The first-order valence-electron chi connectivity index (χ1n) is 9.60. The second-order valence-electron chi connectivity index (χ2n) is 6.83. The Kier molecular flexibility index (Phi) is 5.11. The van der Waals surface area contributed by atoms with Crippen molar-refractivity contribution >= 4 is 23.1 Å². The summed E-state index contributed by atoms with van der Waals surface area (Å²) in [6, 6.07) is 6.57. The van der Waals surface area contributed by atoms with E-state index in [9.17, 15) is 14.4 Å². The summed E-state index contributed by atoms with van der Waals surface area (Å²) >= 11 is 0. The molecule has 2 aromatic heterocycles. The third-order valence-electron chi connectivity index (χ3n) is 4.91. The molecule has 29 heavy (non-hydrogen) atoms. The Morgan fingerprint density at radius 1 is 1.21 bits per heavy atom. The molecular weight excluding hydrogens is 374 g/mol. The second kappa shape index (κ2) is 7.86. The Balaban J connectivity index is 1.58. The molecule has 1 aliphatic rings. The summed E-state index contributed by atoms with van der Waals surface area (Å²) in [7, 11) is 0. The number of anilines is 1. The van der Waals surface area contributed by atoms with E-state index in [0.717, 1.165) is 41.6 Å². The highest BCUT2D eigenvalue weighted by Crippen LogP contribution is 2.22. The van der Waals surface area contributed by atoms with Crippen LogP contribution in [-0.4, -0.2) is 37.9 Å². The average Bonchev–Trinajstić information content (AvgIpc) is 3.10. The Morgan fingerprint density at radius 3 is 2.83 bits per heavy atom. The van der Waals surface area contributed by atoms with Crippen LogP contribution in [-0.2, 0) is 28.9 Å². The minimum atomic E-state index is -0.522. The molecule has 0 fully saturated rings. The number of para-hydroxylation sites is 1. The summed E-state index contributed by atoms with van der Waals surface area (Å²) in [5.41, 5.74) is 2.59. The molecule has 1 aromatic carbocycles. The number of aromatic nitrogens is 4. The minimum absolute atomic E-state index is 0.232. The topological polar surface area (TPSA) is 108 Å². The van der Waals surface area contributed by atoms with Gasteiger partial charge >= 0.3 is 5.97 Å². The van der Waals surface area contributed by atoms with Crippen LogP contribution in [0, 0.1) is 0 Å². The lowest BCUT2D eigenvalue weighted by atomic mass is 9.97. The van der Waals surface area contributed by atoms with Gasteiger partial charge in [-0.1, -0.05) is 12.1 Å². The van der Waals surface area contributed by atoms with Gasteiger partial charge in [-0.15, -0.1) is 0 Å². The number of rotatable bonds is 5. The van der Waals surface area contributed by atoms with Crippen LogP contribution in [0.1, 0.15) is 41.4 Å². The first-order chi connectivity index (χ1) is 14.1. The van der Waals surface area contributed by atoms with E-state index in [1.807, 2.05) is 0 Å². The first-order valence-corrected chi connectivity index (χ1v) is 9.60. The Bertz CT molecular complexity index is 1150. The van der Waals surface area contributed by atoms with Crippen molar-refractivity contribution in [2.24, 2.45) is 0 Å². The fraction of sp³-hybridized carbons (Fsp3) is 0.350. The maximum atomic E-state index is 12.9. The number of carbonyl (C=O) groups is 2. The lowest BCUT2D eigenvalue weighted by Gasteiger charge is -2.11. The van der Waals surface area contributed by atoms with E-state index in [0.29, 0.717) is 11.2 Å². The number of carbonyl (C=O) groups excluding carboxylic acids is 2. The number of aryl methyl sites for hydroxylation is 2. The molecule has 9 heteroatoms. The molecule has 0 radical (unpaired) electrons. The molecule has 1 amide bonds. The summed E-state index contributed by atoms with van der Waals surface area (Å²) in [4.78, 5) is 37.5. The highest BCUT2D eigenvalue weighted by molar-refractivity contribution is 6.01. The normalized spacial score (nSPS) is 13.1. The summed E-state index contributed by atoms with van der Waals surface area (Å²) in [5, 5.41) is 11.2. The van der Waals surface area contributed by atoms with Crippen LogP contribution in [0.4, 0.5) is 5.69 Å². The maximum Gasteiger partial charge on any atom is 0.340 e. The average molecular weight is 395 g/mol. The van der Waals surface area contributed by atoms with Gasteiger partial charge in [0, 0.05) is 5.56 Å². The molecule has 0 aliphatic heterocycles. The van der Waals surface area contributed by atoms with E-state index in [2.05, 4.69) is 15.5 Å². The van der Waals surface area contributed by atoms with E-state index in [-0.39, 0.29) is 24.3 Å². The molecule has 3 aromatic rings. The highest BCUT2D eigenvalue weighted by Gasteiger charge is 2.21. The summed E-state index contributed by atoms with van der Waals surface area (Å²) in [5.74, 6) is -0.986. The van der Waals surface area contributed by atoms with Crippen molar-refractivity contribution in [1.82, 2.24) is 19.4 Å². The molecule has 2 heterocycles. The molecule has 0 spiro atoms. The van der Waals surface area contributed by atoms with E-state index in [1.165, 1.54) is 10.8 Å². The molecule has 9 nitrogen and oxygen atoms in total. The van der Waals surface area contributed by atoms with Gasteiger partial charge < -0.3 is 10.1 Å². The van der Waals surface area contributed by atoms with Crippen LogP contribution in [0.5, 0.6) is 0 Å². The monoisotopic (exact) mass is 395 g/mol. The third-order valence-corrected chi connectivity index (χ3v) is 4.91. The Hall–Kier alpha value is -3.49. The van der Waals surface area contributed by atoms with Crippen LogP contribution in [0.25, 0.3) is 5.52 Å². The molecule has 150 valence electrons. The standard InChI is InChI=1S/C20H21N5O4/c1-2-29-20(28)14-8-4-5-9-15(14)22-17(26)11-24-19(27)18-13-7-3-6-10-16(13)23-25(18)12-21-24/h4-5,8-9,12H,2-3,6-7,10-11H2,1H3,(H,22,26). The number of hydrogen-bond donors (Lipinski definition) is 1. The van der Waals surface area contributed by atoms with Crippen molar-refractivity contribution in [1.29, 1.82) is 0 Å². The van der Waals surface area contributed by atoms with Gasteiger partial charge in [0.15, 0.2) is 0 Å². The largest absolute Gasteiger partial charge is 0.462 e. The van der Waals surface area contributed by atoms with E-state index in [4.69, 9.17) is 4.74 Å². The quantitative estimate of drug-likeness (QED) is 0.658. The summed E-state index contributed by atoms with van der Waals surface area (Å²) < 4.78 is 7.63. The predicted octanol–water partition coefficient (Wildman–Crippen LogP) is 1.59. The molecule has 0 unspecified atom stereocenters. The van der Waals surface area contributed by atoms with Crippen LogP contribution in [0.2, 0.25) is 0 Å². The number of nitrogens with one attached hydrogen (secondary N) is 1. The molecular formula is C20H21N5O4. The summed E-state index contributed by atoms with van der Waals surface area (Å²) in [6.45, 7) is 1.67. The number of hydrogen-bond acceptors (Lipinski definition) is 6. The molecule has 0 atom stereocenters. The molecule has 1 aliphatic carbocycles. The number of fused-ring (bicyclic) bond motifs is 3. The van der Waals surface area contributed by atoms with E-state index >= 15 is 0 Å². The van der Waals surface area contributed by atoms with Crippen molar-refractivity contribution in [2.45, 2.75) is 39.2 Å². The number of esters is 1. The van der Waals surface area contributed by atoms with E-state index in [1.54, 1.807) is 31.2 Å². The number of benzene rings is 1. The van der Waals surface area contributed by atoms with Gasteiger partial charge in [0.1, 0.15) is 18.4 Å². The fourth-order valence-corrected chi connectivity index (χ4v) is 3.59. The molecule has 0 saturated heterocycles. The van der Waals surface area contributed by atoms with Crippen LogP contribution in [0.15, 0.2) is 35.4 Å². The molecule has 0 saturated carbocycles. The lowest BCUT2D eigenvalue weighted by Crippen LogP contribution is -2.31. The number of ether oxygens (including phenoxy) is 1. The first kappa shape index (κ1) is 18.9. The van der Waals surface area contributed by atoms with Crippen molar-refractivity contribution < 1.29 is 14.3 Å². The maximum absolute atomic E-state index is 12.9. The van der Waals surface area contributed by atoms with E-state index < -0.39 is 11.9 Å². The zero-order valence-corrected chi connectivity index (χ0v) is 16.1. The Labute approximate surface area is 166 Å². The van der Waals surface area contributed by atoms with Crippen LogP contribution < -0.4 is 10.9 Å². The van der Waals surface area contributed by atoms with Crippen molar-refractivity contribution in [2.75, 3.05) is 11.9 Å². The van der Waals surface area contributed by atoms with Crippen molar-refractivity contribution in [3.63, 3.8) is 0 Å². The minimum Gasteiger partial charge on any atom is -0.462 e. The third kappa shape index (κ3) is 3.63. The number of nitrogens with zero attached hydrogens (tertiary/aromatic N) is 4. The van der Waals surface area contributed by atoms with Gasteiger partial charge in [0.05, 0.1) is 23.6 Å². The van der Waals surface area contributed by atoms with Gasteiger partial charge in [0.2, 0.25) is 5.91 Å². The van der Waals surface area contributed by atoms with Gasteiger partial charge in [-0.05, 0) is 44.7 Å². The lowest BCUT2D eigenvalue weighted by molar-refractivity contribution is -0.117. The van der Waals surface area contributed by atoms with Crippen molar-refractivity contribution in [3.05, 3.63) is 57.8 Å². The van der Waals surface area contributed by atoms with Gasteiger partial charge in [0.25, 0.3) is 5.56 Å². The van der Waals surface area contributed by atoms with Crippen LogP contribution in [0.3, 0.4) is 0 Å². The molecule has 0 bridgehead atoms. The van der Waals surface area contributed by atoms with Gasteiger partial charge in [-0.25, -0.2) is 14.0 Å². The van der Waals surface area contributed by atoms with Crippen molar-refractivity contribution in [3.8, 4) is 0 Å². The zero-order chi connectivity index (χ0) is 20.4. The SMILES string of the molecule is CCOC(=O)c1ccccc1NC(=O)Cn1ncn2nc3c(c2c1=O)CCCC3. The highest BCUT2D eigenvalue weighted by atomic mass is 16.5. The fourth-order valence-electron chi connectivity index (χ4n) is 3.59. The smallest absolute Gasteiger partial charge is 0.340 e. The molecule has 4 rings (SSSR count). The van der Waals surface area contributed by atoms with Gasteiger partial charge in [-0.3, -0.25) is 9.59 Å². The molecule has 1 N–H and O–H groups in total. The Morgan fingerprint density at radius 2 is 2.00 bits per heavy atom.